The lowest BCUT2D eigenvalue weighted by atomic mass is 9.93. The molecule has 1 rings (SSSR count). The minimum Gasteiger partial charge on any atom is -0.484 e. The van der Waals surface area contributed by atoms with Crippen LogP contribution in [0.25, 0.3) is 0 Å². The molecule has 0 unspecified atom stereocenters. The van der Waals surface area contributed by atoms with E-state index in [4.69, 9.17) is 4.74 Å². The lowest BCUT2D eigenvalue weighted by molar-refractivity contribution is -0.148. The van der Waals surface area contributed by atoms with Crippen LogP contribution in [-0.4, -0.2) is 29.1 Å². The van der Waals surface area contributed by atoms with Gasteiger partial charge in [-0.25, -0.2) is 4.79 Å². The molecule has 0 saturated carbocycles. The largest absolute Gasteiger partial charge is 0.484 e. The van der Waals surface area contributed by atoms with Gasteiger partial charge in [0.15, 0.2) is 6.61 Å². The number of ether oxygens (including phenoxy) is 1. The zero-order chi connectivity index (χ0) is 15.9. The van der Waals surface area contributed by atoms with Gasteiger partial charge in [0.25, 0.3) is 5.91 Å². The van der Waals surface area contributed by atoms with E-state index in [-0.39, 0.29) is 6.61 Å². The van der Waals surface area contributed by atoms with Crippen LogP contribution in [-0.2, 0) is 16.0 Å². The Labute approximate surface area is 125 Å². The second-order valence-corrected chi connectivity index (χ2v) is 4.93. The summed E-state index contributed by atoms with van der Waals surface area (Å²) in [6.07, 6.45) is 1.54. The number of carboxylic acids is 1. The first-order valence-corrected chi connectivity index (χ1v) is 7.23. The number of hydrogen-bond acceptors (Lipinski definition) is 3. The first kappa shape index (κ1) is 17.0. The van der Waals surface area contributed by atoms with E-state index in [9.17, 15) is 14.7 Å². The number of benzene rings is 1. The molecule has 0 aliphatic carbocycles. The van der Waals surface area contributed by atoms with Gasteiger partial charge in [0.05, 0.1) is 0 Å². The first-order chi connectivity index (χ1) is 9.97. The highest BCUT2D eigenvalue weighted by molar-refractivity contribution is 5.87. The fourth-order valence-corrected chi connectivity index (χ4v) is 2.09. The monoisotopic (exact) mass is 293 g/mol. The molecule has 1 aromatic carbocycles. The van der Waals surface area contributed by atoms with Gasteiger partial charge in [0.2, 0.25) is 0 Å². The Bertz CT molecular complexity index is 495. The van der Waals surface area contributed by atoms with Gasteiger partial charge >= 0.3 is 5.97 Å². The van der Waals surface area contributed by atoms with Crippen molar-refractivity contribution in [3.8, 4) is 5.75 Å². The minimum absolute atomic E-state index is 0.192. The maximum absolute atomic E-state index is 11.9. The second-order valence-electron chi connectivity index (χ2n) is 4.93. The predicted molar refractivity (Wildman–Crippen MR) is 80.4 cm³/mol. The number of hydrogen-bond donors (Lipinski definition) is 2. The van der Waals surface area contributed by atoms with E-state index in [0.717, 1.165) is 12.0 Å². The number of nitrogens with one attached hydrogen (secondary N) is 1. The normalized spacial score (nSPS) is 11.0. The molecule has 0 heterocycles. The molecule has 0 spiro atoms. The smallest absolute Gasteiger partial charge is 0.329 e. The predicted octanol–water partition coefficient (Wildman–Crippen LogP) is 2.39. The summed E-state index contributed by atoms with van der Waals surface area (Å²) in [6, 6.07) is 7.50. The molecule has 0 fully saturated rings. The summed E-state index contributed by atoms with van der Waals surface area (Å²) in [5.74, 6) is -0.838. The van der Waals surface area contributed by atoms with Gasteiger partial charge in [-0.2, -0.15) is 0 Å². The number of carbonyl (C=O) groups excluding carboxylic acids is 1. The highest BCUT2D eigenvalue weighted by Crippen LogP contribution is 2.16. The van der Waals surface area contributed by atoms with Crippen molar-refractivity contribution < 1.29 is 19.4 Å². The highest BCUT2D eigenvalue weighted by atomic mass is 16.5. The van der Waals surface area contributed by atoms with Crippen LogP contribution >= 0.6 is 0 Å². The van der Waals surface area contributed by atoms with Crippen LogP contribution < -0.4 is 10.1 Å². The molecule has 0 atom stereocenters. The molecule has 5 nitrogen and oxygen atoms in total. The van der Waals surface area contributed by atoms with Gasteiger partial charge in [0.1, 0.15) is 11.3 Å². The summed E-state index contributed by atoms with van der Waals surface area (Å²) in [5.41, 5.74) is -0.0963. The summed E-state index contributed by atoms with van der Waals surface area (Å²) in [6.45, 7) is 5.32. The molecule has 1 aromatic rings. The van der Waals surface area contributed by atoms with Crippen LogP contribution in [0.2, 0.25) is 0 Å². The van der Waals surface area contributed by atoms with Crippen LogP contribution in [0.4, 0.5) is 0 Å². The molecule has 0 aliphatic heterocycles. The third kappa shape index (κ3) is 4.48. The maximum Gasteiger partial charge on any atom is 0.329 e. The summed E-state index contributed by atoms with van der Waals surface area (Å²) in [4.78, 5) is 23.2. The fourth-order valence-electron chi connectivity index (χ4n) is 2.09. The quantitative estimate of drug-likeness (QED) is 0.771. The van der Waals surface area contributed by atoms with Crippen molar-refractivity contribution in [1.29, 1.82) is 0 Å². The molecular formula is C16H23NO4. The molecule has 21 heavy (non-hydrogen) atoms. The number of aryl methyl sites for hydroxylation is 1. The molecule has 0 aromatic heterocycles. The Hall–Kier alpha value is -2.04. The molecule has 0 radical (unpaired) electrons. The van der Waals surface area contributed by atoms with Gasteiger partial charge in [0, 0.05) is 0 Å². The van der Waals surface area contributed by atoms with Crippen molar-refractivity contribution >= 4 is 11.9 Å². The summed E-state index contributed by atoms with van der Waals surface area (Å²) >= 11 is 0. The van der Waals surface area contributed by atoms with Gasteiger partial charge in [-0.05, 0) is 37.0 Å². The lowest BCUT2D eigenvalue weighted by Crippen LogP contribution is -2.54. The molecule has 116 valence electrons. The molecule has 0 saturated heterocycles. The van der Waals surface area contributed by atoms with Crippen LogP contribution in [0.15, 0.2) is 24.3 Å². The molecule has 2 N–H and O–H groups in total. The van der Waals surface area contributed by atoms with E-state index < -0.39 is 17.4 Å². The van der Waals surface area contributed by atoms with E-state index in [0.29, 0.717) is 18.6 Å². The molecule has 0 aliphatic rings. The van der Waals surface area contributed by atoms with Crippen molar-refractivity contribution in [1.82, 2.24) is 5.32 Å². The Kier molecular flexibility index (Phi) is 6.21. The minimum atomic E-state index is -1.22. The van der Waals surface area contributed by atoms with E-state index in [1.54, 1.807) is 19.9 Å². The third-order valence-electron chi connectivity index (χ3n) is 3.67. The molecule has 1 amide bonds. The summed E-state index contributed by atoms with van der Waals surface area (Å²) in [5, 5.41) is 11.8. The van der Waals surface area contributed by atoms with Gasteiger partial charge < -0.3 is 15.2 Å². The van der Waals surface area contributed by atoms with Crippen LogP contribution in [0.3, 0.4) is 0 Å². The standard InChI is InChI=1S/C16H23NO4/c1-4-12-8-7-9-13(10-12)21-11-14(18)17-16(5-2,6-3)15(19)20/h7-10H,4-6,11H2,1-3H3,(H,17,18)(H,19,20). The average Bonchev–Trinajstić information content (AvgIpc) is 2.50. The Morgan fingerprint density at radius 2 is 1.90 bits per heavy atom. The van der Waals surface area contributed by atoms with E-state index >= 15 is 0 Å². The molecular weight excluding hydrogens is 270 g/mol. The number of aliphatic carboxylic acids is 1. The van der Waals surface area contributed by atoms with Crippen molar-refractivity contribution in [2.24, 2.45) is 0 Å². The van der Waals surface area contributed by atoms with Crippen molar-refractivity contribution in [2.45, 2.75) is 45.6 Å². The van der Waals surface area contributed by atoms with Crippen molar-refractivity contribution in [3.05, 3.63) is 29.8 Å². The average molecular weight is 293 g/mol. The van der Waals surface area contributed by atoms with Crippen LogP contribution in [0.5, 0.6) is 5.75 Å². The van der Waals surface area contributed by atoms with Crippen molar-refractivity contribution in [2.75, 3.05) is 6.61 Å². The van der Waals surface area contributed by atoms with E-state index in [2.05, 4.69) is 5.32 Å². The molecule has 5 heteroatoms. The number of amides is 1. The van der Waals surface area contributed by atoms with Gasteiger partial charge in [-0.3, -0.25) is 4.79 Å². The number of carbonyl (C=O) groups is 2. The van der Waals surface area contributed by atoms with Gasteiger partial charge in [-0.15, -0.1) is 0 Å². The topological polar surface area (TPSA) is 75.6 Å². The second kappa shape index (κ2) is 7.67. The third-order valence-corrected chi connectivity index (χ3v) is 3.67. The Morgan fingerprint density at radius 1 is 1.24 bits per heavy atom. The zero-order valence-electron chi connectivity index (χ0n) is 12.8. The van der Waals surface area contributed by atoms with E-state index in [1.807, 2.05) is 25.1 Å². The van der Waals surface area contributed by atoms with Crippen molar-refractivity contribution in [3.63, 3.8) is 0 Å². The summed E-state index contributed by atoms with van der Waals surface area (Å²) < 4.78 is 5.42. The maximum atomic E-state index is 11.9. The lowest BCUT2D eigenvalue weighted by Gasteiger charge is -2.27. The number of carboxylic acid groups (broad SMARTS) is 1. The van der Waals surface area contributed by atoms with Crippen LogP contribution in [0.1, 0.15) is 39.2 Å². The molecule has 0 bridgehead atoms. The zero-order valence-corrected chi connectivity index (χ0v) is 12.8. The fraction of sp³-hybridized carbons (Fsp3) is 0.500. The van der Waals surface area contributed by atoms with Crippen LogP contribution in [0, 0.1) is 0 Å². The SMILES string of the molecule is CCc1cccc(OCC(=O)NC(CC)(CC)C(=O)O)c1. The van der Waals surface area contributed by atoms with Gasteiger partial charge in [-0.1, -0.05) is 32.9 Å². The summed E-state index contributed by atoms with van der Waals surface area (Å²) in [7, 11) is 0. The number of rotatable bonds is 8. The highest BCUT2D eigenvalue weighted by Gasteiger charge is 2.36. The Balaban J connectivity index is 2.62. The first-order valence-electron chi connectivity index (χ1n) is 7.23. The Morgan fingerprint density at radius 3 is 2.43 bits per heavy atom. The van der Waals surface area contributed by atoms with E-state index in [1.165, 1.54) is 0 Å².